The molecule has 1 amide bonds. The lowest BCUT2D eigenvalue weighted by molar-refractivity contribution is 0.0812. The Morgan fingerprint density at radius 2 is 2.00 bits per heavy atom. The van der Waals surface area contributed by atoms with E-state index in [1.807, 2.05) is 26.0 Å². The third-order valence-electron chi connectivity index (χ3n) is 4.47. The van der Waals surface area contributed by atoms with Gasteiger partial charge in [-0.15, -0.1) is 0 Å². The largest absolute Gasteiger partial charge is 0.487 e. The highest BCUT2D eigenvalue weighted by Gasteiger charge is 2.15. The summed E-state index contributed by atoms with van der Waals surface area (Å²) in [5.74, 6) is 0.0826. The number of aliphatic hydroxyl groups is 1. The van der Waals surface area contributed by atoms with Crippen molar-refractivity contribution in [2.75, 3.05) is 13.2 Å². The van der Waals surface area contributed by atoms with E-state index in [9.17, 15) is 18.7 Å². The van der Waals surface area contributed by atoms with Gasteiger partial charge in [-0.2, -0.15) is 5.10 Å². The van der Waals surface area contributed by atoms with Crippen LogP contribution in [0.4, 0.5) is 8.78 Å². The minimum absolute atomic E-state index is 0.129. The van der Waals surface area contributed by atoms with E-state index < -0.39 is 19.1 Å². The molecular formula is C21H24F2N4O3. The second kappa shape index (κ2) is 9.17. The fourth-order valence-electron chi connectivity index (χ4n) is 3.27. The fraction of sp³-hybridized carbons (Fsp3) is 0.381. The zero-order valence-electron chi connectivity index (χ0n) is 17.0. The van der Waals surface area contributed by atoms with Gasteiger partial charge in [0.05, 0.1) is 23.6 Å². The summed E-state index contributed by atoms with van der Waals surface area (Å²) >= 11 is 0. The Labute approximate surface area is 172 Å². The van der Waals surface area contributed by atoms with Gasteiger partial charge in [-0.05, 0) is 43.5 Å². The quantitative estimate of drug-likeness (QED) is 0.587. The highest BCUT2D eigenvalue weighted by Crippen LogP contribution is 2.26. The molecule has 160 valence electrons. The molecule has 3 rings (SSSR count). The topological polar surface area (TPSA) is 89.3 Å². The summed E-state index contributed by atoms with van der Waals surface area (Å²) in [4.78, 5) is 16.5. The number of nitrogens with one attached hydrogen (secondary N) is 1. The third-order valence-corrected chi connectivity index (χ3v) is 4.47. The van der Waals surface area contributed by atoms with Gasteiger partial charge in [0.2, 0.25) is 0 Å². The molecule has 3 aromatic rings. The molecule has 1 atom stereocenters. The van der Waals surface area contributed by atoms with Crippen LogP contribution < -0.4 is 10.1 Å². The summed E-state index contributed by atoms with van der Waals surface area (Å²) in [6.45, 7) is 5.12. The normalized spacial score (nSPS) is 12.4. The van der Waals surface area contributed by atoms with Gasteiger partial charge >= 0.3 is 0 Å². The maximum Gasteiger partial charge on any atom is 0.272 e. The van der Waals surface area contributed by atoms with Gasteiger partial charge in [0.15, 0.2) is 0 Å². The number of alkyl halides is 2. The molecule has 7 nitrogen and oxygen atoms in total. The van der Waals surface area contributed by atoms with E-state index in [-0.39, 0.29) is 18.1 Å². The van der Waals surface area contributed by atoms with E-state index in [1.54, 1.807) is 23.9 Å². The molecule has 1 aromatic carbocycles. The van der Waals surface area contributed by atoms with Crippen molar-refractivity contribution >= 4 is 16.8 Å². The van der Waals surface area contributed by atoms with Crippen molar-refractivity contribution in [2.24, 2.45) is 0 Å². The van der Waals surface area contributed by atoms with E-state index >= 15 is 0 Å². The van der Waals surface area contributed by atoms with E-state index in [0.29, 0.717) is 23.2 Å². The number of nitrogens with zero attached hydrogens (tertiary/aromatic N) is 3. The minimum Gasteiger partial charge on any atom is -0.487 e. The van der Waals surface area contributed by atoms with Gasteiger partial charge in [0, 0.05) is 18.9 Å². The van der Waals surface area contributed by atoms with Crippen molar-refractivity contribution in [1.82, 2.24) is 20.1 Å². The molecule has 2 N–H and O–H groups in total. The van der Waals surface area contributed by atoms with Crippen molar-refractivity contribution < 1.29 is 23.4 Å². The second-order valence-corrected chi connectivity index (χ2v) is 7.24. The lowest BCUT2D eigenvalue weighted by Gasteiger charge is -2.14. The van der Waals surface area contributed by atoms with Gasteiger partial charge in [-0.1, -0.05) is 12.1 Å². The van der Waals surface area contributed by atoms with Crippen molar-refractivity contribution in [3.63, 3.8) is 0 Å². The number of carbonyl (C=O) groups excluding carboxylic acids is 1. The number of aryl methyl sites for hydroxylation is 2. The highest BCUT2D eigenvalue weighted by molar-refractivity contribution is 6.04. The smallest absolute Gasteiger partial charge is 0.272 e. The van der Waals surface area contributed by atoms with Crippen molar-refractivity contribution in [3.8, 4) is 5.75 Å². The predicted octanol–water partition coefficient (Wildman–Crippen LogP) is 2.85. The molecule has 2 aromatic heterocycles. The molecule has 9 heteroatoms. The van der Waals surface area contributed by atoms with Crippen LogP contribution in [0.3, 0.4) is 0 Å². The Bertz CT molecular complexity index is 1030. The first-order valence-corrected chi connectivity index (χ1v) is 9.54. The number of halogens is 2. The zero-order chi connectivity index (χ0) is 21.8. The summed E-state index contributed by atoms with van der Waals surface area (Å²) in [7, 11) is 0. The highest BCUT2D eigenvalue weighted by atomic mass is 19.3. The molecule has 0 aliphatic carbocycles. The monoisotopic (exact) mass is 418 g/mol. The van der Waals surface area contributed by atoms with Gasteiger partial charge in [-0.25, -0.2) is 8.78 Å². The lowest BCUT2D eigenvalue weighted by atomic mass is 10.1. The SMILES string of the molecule is Cc1cc(Cn2cc3c(C(=O)NC[C@H](C)O)nccc3n2)cc(C)c1OCC(F)F. The van der Waals surface area contributed by atoms with Crippen molar-refractivity contribution in [1.29, 1.82) is 0 Å². The number of ether oxygens (including phenoxy) is 1. The molecule has 0 radical (unpaired) electrons. The van der Waals surface area contributed by atoms with Crippen LogP contribution in [0.5, 0.6) is 5.75 Å². The molecule has 0 fully saturated rings. The Hall–Kier alpha value is -3.07. The number of rotatable bonds is 8. The first kappa shape index (κ1) is 21.6. The molecular weight excluding hydrogens is 394 g/mol. The molecule has 0 saturated carbocycles. The van der Waals surface area contributed by atoms with Crippen LogP contribution in [0.1, 0.15) is 34.1 Å². The molecule has 0 saturated heterocycles. The molecule has 0 bridgehead atoms. The zero-order valence-corrected chi connectivity index (χ0v) is 17.0. The molecule has 0 aliphatic heterocycles. The number of hydrogen-bond donors (Lipinski definition) is 2. The standard InChI is InChI=1S/C21H24F2N4O3/c1-12-6-15(7-13(2)20(12)30-11-18(22)23)9-27-10-16-17(26-27)4-5-24-19(16)21(29)25-8-14(3)28/h4-7,10,14,18,28H,8-9,11H2,1-3H3,(H,25,29)/t14-/m0/s1. The van der Waals surface area contributed by atoms with Crippen LogP contribution in [0.25, 0.3) is 10.9 Å². The number of fused-ring (bicyclic) bond motifs is 1. The fourth-order valence-corrected chi connectivity index (χ4v) is 3.27. The summed E-state index contributed by atoms with van der Waals surface area (Å²) in [5, 5.41) is 17.1. The number of amides is 1. The third kappa shape index (κ3) is 5.10. The van der Waals surface area contributed by atoms with Crippen LogP contribution in [0.2, 0.25) is 0 Å². The summed E-state index contributed by atoms with van der Waals surface area (Å²) in [6, 6.07) is 5.46. The predicted molar refractivity (Wildman–Crippen MR) is 108 cm³/mol. The van der Waals surface area contributed by atoms with Gasteiger partial charge in [0.25, 0.3) is 12.3 Å². The van der Waals surface area contributed by atoms with E-state index in [2.05, 4.69) is 15.4 Å². The summed E-state index contributed by atoms with van der Waals surface area (Å²) in [5.41, 5.74) is 3.32. The number of hydrogen-bond acceptors (Lipinski definition) is 5. The maximum atomic E-state index is 12.4. The average Bonchev–Trinajstić information content (AvgIpc) is 3.07. The number of benzene rings is 1. The van der Waals surface area contributed by atoms with E-state index in [4.69, 9.17) is 4.74 Å². The Balaban J connectivity index is 1.83. The molecule has 0 spiro atoms. The number of carbonyl (C=O) groups is 1. The average molecular weight is 418 g/mol. The Kier molecular flexibility index (Phi) is 6.61. The van der Waals surface area contributed by atoms with Gasteiger partial charge in [0.1, 0.15) is 18.1 Å². The van der Waals surface area contributed by atoms with Crippen molar-refractivity contribution in [3.05, 3.63) is 53.0 Å². The van der Waals surface area contributed by atoms with E-state index in [0.717, 1.165) is 16.7 Å². The van der Waals surface area contributed by atoms with Crippen molar-refractivity contribution in [2.45, 2.75) is 39.8 Å². The van der Waals surface area contributed by atoms with Crippen LogP contribution in [0, 0.1) is 13.8 Å². The number of aliphatic hydroxyl groups excluding tert-OH is 1. The Morgan fingerprint density at radius 3 is 2.63 bits per heavy atom. The first-order valence-electron chi connectivity index (χ1n) is 9.54. The summed E-state index contributed by atoms with van der Waals surface area (Å²) in [6.07, 6.45) is 0.0712. The van der Waals surface area contributed by atoms with Crippen LogP contribution in [0.15, 0.2) is 30.6 Å². The maximum absolute atomic E-state index is 12.4. The van der Waals surface area contributed by atoms with Gasteiger partial charge < -0.3 is 15.2 Å². The Morgan fingerprint density at radius 1 is 1.30 bits per heavy atom. The summed E-state index contributed by atoms with van der Waals surface area (Å²) < 4.78 is 31.8. The van der Waals surface area contributed by atoms with Crippen LogP contribution in [-0.4, -0.2) is 51.5 Å². The first-order chi connectivity index (χ1) is 14.2. The second-order valence-electron chi connectivity index (χ2n) is 7.24. The van der Waals surface area contributed by atoms with Gasteiger partial charge in [-0.3, -0.25) is 14.5 Å². The number of pyridine rings is 1. The molecule has 30 heavy (non-hydrogen) atoms. The lowest BCUT2D eigenvalue weighted by Crippen LogP contribution is -2.31. The molecule has 0 unspecified atom stereocenters. The van der Waals surface area contributed by atoms with Crippen LogP contribution in [-0.2, 0) is 6.54 Å². The van der Waals surface area contributed by atoms with E-state index in [1.165, 1.54) is 6.20 Å². The molecule has 0 aliphatic rings. The molecule has 2 heterocycles. The number of aromatic nitrogens is 3. The minimum atomic E-state index is -2.53. The van der Waals surface area contributed by atoms with Crippen LogP contribution >= 0.6 is 0 Å².